The minimum absolute atomic E-state index is 0.0863. The van der Waals surface area contributed by atoms with Crippen LogP contribution in [0, 0.1) is 0 Å². The lowest BCUT2D eigenvalue weighted by molar-refractivity contribution is -0.136. The number of carbonyl (C=O) groups is 1. The Morgan fingerprint density at radius 1 is 1.00 bits per heavy atom. The van der Waals surface area contributed by atoms with Crippen molar-refractivity contribution >= 4 is 5.97 Å². The molecular formula is C21H24O5. The van der Waals surface area contributed by atoms with Gasteiger partial charge in [0, 0.05) is 12.8 Å². The molecule has 0 amide bonds. The molecule has 3 rings (SSSR count). The van der Waals surface area contributed by atoms with E-state index in [0.717, 1.165) is 16.7 Å². The summed E-state index contributed by atoms with van der Waals surface area (Å²) in [4.78, 5) is 10.9. The SMILES string of the molecule is O=C(O)CCc1ccccc1C[C@@H]1OCO[C@@H]1COCc1ccccc1. The average Bonchev–Trinajstić information content (AvgIpc) is 3.09. The van der Waals surface area contributed by atoms with E-state index >= 15 is 0 Å². The summed E-state index contributed by atoms with van der Waals surface area (Å²) < 4.78 is 17.2. The van der Waals surface area contributed by atoms with E-state index in [1.807, 2.05) is 54.6 Å². The van der Waals surface area contributed by atoms with Crippen LogP contribution in [0.15, 0.2) is 54.6 Å². The van der Waals surface area contributed by atoms with E-state index in [1.54, 1.807) is 0 Å². The number of hydrogen-bond donors (Lipinski definition) is 1. The number of aliphatic carboxylic acids is 1. The number of ether oxygens (including phenoxy) is 3. The van der Waals surface area contributed by atoms with E-state index < -0.39 is 5.97 Å². The van der Waals surface area contributed by atoms with Crippen molar-refractivity contribution in [3.8, 4) is 0 Å². The first-order chi connectivity index (χ1) is 12.7. The molecule has 5 heteroatoms. The first-order valence-electron chi connectivity index (χ1n) is 8.86. The van der Waals surface area contributed by atoms with E-state index in [2.05, 4.69) is 0 Å². The van der Waals surface area contributed by atoms with Gasteiger partial charge in [0.05, 0.1) is 19.3 Å². The summed E-state index contributed by atoms with van der Waals surface area (Å²) in [7, 11) is 0. The van der Waals surface area contributed by atoms with Crippen molar-refractivity contribution in [2.75, 3.05) is 13.4 Å². The van der Waals surface area contributed by atoms with Crippen LogP contribution < -0.4 is 0 Å². The van der Waals surface area contributed by atoms with Crippen LogP contribution in [0.1, 0.15) is 23.1 Å². The second kappa shape index (κ2) is 9.48. The van der Waals surface area contributed by atoms with Crippen molar-refractivity contribution in [1.82, 2.24) is 0 Å². The fourth-order valence-corrected chi connectivity index (χ4v) is 3.10. The van der Waals surface area contributed by atoms with E-state index in [9.17, 15) is 4.79 Å². The summed E-state index contributed by atoms with van der Waals surface area (Å²) in [6.07, 6.45) is 1.13. The van der Waals surface area contributed by atoms with Gasteiger partial charge in [-0.25, -0.2) is 0 Å². The Kier molecular flexibility index (Phi) is 6.77. The van der Waals surface area contributed by atoms with Gasteiger partial charge in [-0.3, -0.25) is 4.79 Å². The lowest BCUT2D eigenvalue weighted by Gasteiger charge is -2.19. The van der Waals surface area contributed by atoms with E-state index in [4.69, 9.17) is 19.3 Å². The molecule has 1 aliphatic rings. The van der Waals surface area contributed by atoms with Gasteiger partial charge in [0.25, 0.3) is 0 Å². The standard InChI is InChI=1S/C21H24O5/c22-21(23)11-10-17-8-4-5-9-18(17)12-19-20(26-15-25-19)14-24-13-16-6-2-1-3-7-16/h1-9,19-20H,10-15H2,(H,22,23)/t19-,20+/m0/s1. The smallest absolute Gasteiger partial charge is 0.303 e. The van der Waals surface area contributed by atoms with Crippen LogP contribution in [0.3, 0.4) is 0 Å². The summed E-state index contributed by atoms with van der Waals surface area (Å²) in [6.45, 7) is 1.28. The Hall–Kier alpha value is -2.21. The number of aryl methyl sites for hydroxylation is 1. The molecule has 1 fully saturated rings. The molecule has 5 nitrogen and oxygen atoms in total. The molecule has 0 radical (unpaired) electrons. The third-order valence-electron chi connectivity index (χ3n) is 4.52. The molecule has 0 aromatic heterocycles. The zero-order chi connectivity index (χ0) is 18.2. The lowest BCUT2D eigenvalue weighted by atomic mass is 9.96. The molecule has 1 heterocycles. The number of rotatable bonds is 9. The third-order valence-corrected chi connectivity index (χ3v) is 4.52. The monoisotopic (exact) mass is 356 g/mol. The fourth-order valence-electron chi connectivity index (χ4n) is 3.10. The van der Waals surface area contributed by atoms with Crippen LogP contribution in [0.5, 0.6) is 0 Å². The highest BCUT2D eigenvalue weighted by molar-refractivity contribution is 5.67. The lowest BCUT2D eigenvalue weighted by Crippen LogP contribution is -2.30. The molecule has 2 aromatic rings. The molecule has 0 saturated carbocycles. The maximum Gasteiger partial charge on any atom is 0.303 e. The maximum absolute atomic E-state index is 10.9. The second-order valence-electron chi connectivity index (χ2n) is 6.40. The fraction of sp³-hybridized carbons (Fsp3) is 0.381. The van der Waals surface area contributed by atoms with Crippen LogP contribution in [-0.4, -0.2) is 36.7 Å². The van der Waals surface area contributed by atoms with E-state index in [1.165, 1.54) is 0 Å². The van der Waals surface area contributed by atoms with Gasteiger partial charge in [-0.2, -0.15) is 0 Å². The highest BCUT2D eigenvalue weighted by atomic mass is 16.7. The number of benzene rings is 2. The minimum Gasteiger partial charge on any atom is -0.481 e. The second-order valence-corrected chi connectivity index (χ2v) is 6.40. The number of hydrogen-bond acceptors (Lipinski definition) is 4. The van der Waals surface area contributed by atoms with E-state index in [0.29, 0.717) is 26.1 Å². The van der Waals surface area contributed by atoms with Gasteiger partial charge in [0.1, 0.15) is 12.9 Å². The average molecular weight is 356 g/mol. The van der Waals surface area contributed by atoms with Gasteiger partial charge in [0.2, 0.25) is 0 Å². The van der Waals surface area contributed by atoms with Gasteiger partial charge in [-0.15, -0.1) is 0 Å². The van der Waals surface area contributed by atoms with E-state index in [-0.39, 0.29) is 25.4 Å². The summed E-state index contributed by atoms with van der Waals surface area (Å²) in [6, 6.07) is 17.9. The van der Waals surface area contributed by atoms with Crippen molar-refractivity contribution in [3.63, 3.8) is 0 Å². The normalized spacial score (nSPS) is 19.5. The number of carboxylic acids is 1. The van der Waals surface area contributed by atoms with Crippen molar-refractivity contribution in [2.24, 2.45) is 0 Å². The minimum atomic E-state index is -0.785. The third kappa shape index (κ3) is 5.39. The first-order valence-corrected chi connectivity index (χ1v) is 8.86. The van der Waals surface area contributed by atoms with Gasteiger partial charge in [-0.05, 0) is 23.1 Å². The van der Waals surface area contributed by atoms with Crippen LogP contribution in [0.2, 0.25) is 0 Å². The topological polar surface area (TPSA) is 65.0 Å². The molecule has 1 aliphatic heterocycles. The first kappa shape index (κ1) is 18.6. The molecule has 1 N–H and O–H groups in total. The summed E-state index contributed by atoms with van der Waals surface area (Å²) in [5, 5.41) is 8.92. The molecule has 0 aliphatic carbocycles. The van der Waals surface area contributed by atoms with Crippen molar-refractivity contribution < 1.29 is 24.1 Å². The molecule has 26 heavy (non-hydrogen) atoms. The van der Waals surface area contributed by atoms with Crippen LogP contribution >= 0.6 is 0 Å². The van der Waals surface area contributed by atoms with Crippen LogP contribution in [-0.2, 0) is 38.5 Å². The summed E-state index contributed by atoms with van der Waals surface area (Å²) in [5.74, 6) is -0.785. The Morgan fingerprint density at radius 2 is 1.69 bits per heavy atom. The molecule has 0 bridgehead atoms. The van der Waals surface area contributed by atoms with Crippen molar-refractivity contribution in [1.29, 1.82) is 0 Å². The molecule has 0 spiro atoms. The molecule has 1 saturated heterocycles. The van der Waals surface area contributed by atoms with Crippen LogP contribution in [0.25, 0.3) is 0 Å². The van der Waals surface area contributed by atoms with Gasteiger partial charge in [0.15, 0.2) is 0 Å². The largest absolute Gasteiger partial charge is 0.481 e. The molecule has 0 unspecified atom stereocenters. The molecular weight excluding hydrogens is 332 g/mol. The highest BCUT2D eigenvalue weighted by Crippen LogP contribution is 2.21. The Balaban J connectivity index is 1.54. The Bertz CT molecular complexity index is 701. The molecule has 2 aromatic carbocycles. The number of carboxylic acid groups (broad SMARTS) is 1. The summed E-state index contributed by atoms with van der Waals surface area (Å²) >= 11 is 0. The van der Waals surface area contributed by atoms with Gasteiger partial charge >= 0.3 is 5.97 Å². The summed E-state index contributed by atoms with van der Waals surface area (Å²) in [5.41, 5.74) is 3.29. The predicted molar refractivity (Wildman–Crippen MR) is 96.8 cm³/mol. The van der Waals surface area contributed by atoms with Gasteiger partial charge < -0.3 is 19.3 Å². The predicted octanol–water partition coefficient (Wildman–Crippen LogP) is 3.20. The molecule has 138 valence electrons. The molecule has 2 atom stereocenters. The van der Waals surface area contributed by atoms with Crippen molar-refractivity contribution in [2.45, 2.75) is 38.1 Å². The maximum atomic E-state index is 10.9. The quantitative estimate of drug-likeness (QED) is 0.747. The van der Waals surface area contributed by atoms with Gasteiger partial charge in [-0.1, -0.05) is 54.6 Å². The highest BCUT2D eigenvalue weighted by Gasteiger charge is 2.30. The zero-order valence-corrected chi connectivity index (χ0v) is 14.7. The Labute approximate surface area is 153 Å². The van der Waals surface area contributed by atoms with Crippen LogP contribution in [0.4, 0.5) is 0 Å². The Morgan fingerprint density at radius 3 is 2.46 bits per heavy atom. The zero-order valence-electron chi connectivity index (χ0n) is 14.7. The van der Waals surface area contributed by atoms with Crippen molar-refractivity contribution in [3.05, 3.63) is 71.3 Å².